The summed E-state index contributed by atoms with van der Waals surface area (Å²) in [5, 5.41) is 4.81. The predicted molar refractivity (Wildman–Crippen MR) is 86.0 cm³/mol. The molecule has 0 radical (unpaired) electrons. The lowest BCUT2D eigenvalue weighted by Crippen LogP contribution is -1.98. The summed E-state index contributed by atoms with van der Waals surface area (Å²) in [6, 6.07) is 8.52. The molecule has 2 aliphatic rings. The first-order chi connectivity index (χ1) is 10.2. The van der Waals surface area contributed by atoms with Crippen molar-refractivity contribution >= 4 is 5.82 Å². The van der Waals surface area contributed by atoms with Gasteiger partial charge in [-0.1, -0.05) is 37.1 Å². The standard InChI is InChI=1S/C18H23N3/c1-11-7-3-4-8-12(11)16-17(20-21(2)18(16)19)15-13-9-5-6-10-14(13)15/h3-4,7-8,13-15H,5-6,9-10,19H2,1-2H3. The Kier molecular flexibility index (Phi) is 2.84. The van der Waals surface area contributed by atoms with Gasteiger partial charge in [-0.15, -0.1) is 0 Å². The molecule has 2 N–H and O–H groups in total. The van der Waals surface area contributed by atoms with Crippen LogP contribution in [0.1, 0.15) is 42.9 Å². The van der Waals surface area contributed by atoms with Crippen molar-refractivity contribution in [1.29, 1.82) is 0 Å². The quantitative estimate of drug-likeness (QED) is 0.907. The average molecular weight is 281 g/mol. The monoisotopic (exact) mass is 281 g/mol. The lowest BCUT2D eigenvalue weighted by molar-refractivity contribution is 0.480. The van der Waals surface area contributed by atoms with Gasteiger partial charge in [0.15, 0.2) is 0 Å². The maximum absolute atomic E-state index is 6.36. The summed E-state index contributed by atoms with van der Waals surface area (Å²) in [4.78, 5) is 0. The van der Waals surface area contributed by atoms with Gasteiger partial charge in [-0.3, -0.25) is 4.68 Å². The number of fused-ring (bicyclic) bond motifs is 1. The minimum atomic E-state index is 0.644. The predicted octanol–water partition coefficient (Wildman–Crippen LogP) is 3.88. The normalized spacial score (nSPS) is 27.4. The molecule has 0 bridgehead atoms. The molecule has 2 unspecified atom stereocenters. The van der Waals surface area contributed by atoms with E-state index in [0.717, 1.165) is 17.7 Å². The molecule has 2 atom stereocenters. The Morgan fingerprint density at radius 3 is 2.48 bits per heavy atom. The summed E-state index contributed by atoms with van der Waals surface area (Å²) in [6.45, 7) is 2.16. The number of nitrogens with two attached hydrogens (primary N) is 1. The van der Waals surface area contributed by atoms with E-state index in [1.165, 1.54) is 48.1 Å². The molecule has 2 aliphatic carbocycles. The molecule has 1 aromatic heterocycles. The first-order valence-electron chi connectivity index (χ1n) is 8.07. The third-order valence-corrected chi connectivity index (χ3v) is 5.51. The van der Waals surface area contributed by atoms with Crippen molar-refractivity contribution in [2.75, 3.05) is 5.73 Å². The Morgan fingerprint density at radius 2 is 1.81 bits per heavy atom. The Hall–Kier alpha value is -1.77. The van der Waals surface area contributed by atoms with Crippen LogP contribution in [0.25, 0.3) is 11.1 Å². The van der Waals surface area contributed by atoms with E-state index in [0.29, 0.717) is 5.92 Å². The molecule has 0 amide bonds. The molecular formula is C18H23N3. The fourth-order valence-electron chi connectivity index (χ4n) is 4.32. The minimum absolute atomic E-state index is 0.644. The Balaban J connectivity index is 1.82. The first-order valence-corrected chi connectivity index (χ1v) is 8.07. The van der Waals surface area contributed by atoms with Gasteiger partial charge in [0, 0.05) is 18.5 Å². The smallest absolute Gasteiger partial charge is 0.129 e. The van der Waals surface area contributed by atoms with Crippen molar-refractivity contribution in [3.63, 3.8) is 0 Å². The van der Waals surface area contributed by atoms with Crippen molar-refractivity contribution in [2.24, 2.45) is 18.9 Å². The van der Waals surface area contributed by atoms with Gasteiger partial charge in [0.25, 0.3) is 0 Å². The zero-order chi connectivity index (χ0) is 14.6. The Labute approximate surface area is 126 Å². The third-order valence-electron chi connectivity index (χ3n) is 5.51. The fraction of sp³-hybridized carbons (Fsp3) is 0.500. The van der Waals surface area contributed by atoms with Crippen LogP contribution in [0, 0.1) is 18.8 Å². The van der Waals surface area contributed by atoms with Crippen molar-refractivity contribution in [1.82, 2.24) is 9.78 Å². The topological polar surface area (TPSA) is 43.8 Å². The summed E-state index contributed by atoms with van der Waals surface area (Å²) >= 11 is 0. The summed E-state index contributed by atoms with van der Waals surface area (Å²) in [5.74, 6) is 3.17. The van der Waals surface area contributed by atoms with Crippen LogP contribution >= 0.6 is 0 Å². The number of anilines is 1. The summed E-state index contributed by atoms with van der Waals surface area (Å²) < 4.78 is 1.86. The second-order valence-corrected chi connectivity index (χ2v) is 6.72. The molecule has 2 fully saturated rings. The van der Waals surface area contributed by atoms with Crippen molar-refractivity contribution < 1.29 is 0 Å². The molecule has 0 saturated heterocycles. The van der Waals surface area contributed by atoms with E-state index in [1.54, 1.807) is 0 Å². The number of rotatable bonds is 2. The number of benzene rings is 1. The van der Waals surface area contributed by atoms with Gasteiger partial charge in [-0.05, 0) is 42.7 Å². The second kappa shape index (κ2) is 4.62. The second-order valence-electron chi connectivity index (χ2n) is 6.72. The molecule has 1 heterocycles. The highest BCUT2D eigenvalue weighted by Crippen LogP contribution is 2.62. The highest BCUT2D eigenvalue weighted by atomic mass is 15.3. The number of aryl methyl sites for hydroxylation is 2. The lowest BCUT2D eigenvalue weighted by Gasteiger charge is -2.07. The van der Waals surface area contributed by atoms with E-state index in [2.05, 4.69) is 31.2 Å². The van der Waals surface area contributed by atoms with Gasteiger partial charge in [0.1, 0.15) is 5.82 Å². The van der Waals surface area contributed by atoms with Crippen LogP contribution < -0.4 is 5.73 Å². The highest BCUT2D eigenvalue weighted by molar-refractivity contribution is 5.79. The number of hydrogen-bond donors (Lipinski definition) is 1. The number of aromatic nitrogens is 2. The van der Waals surface area contributed by atoms with Crippen molar-refractivity contribution in [3.05, 3.63) is 35.5 Å². The molecule has 0 spiro atoms. The molecule has 3 heteroatoms. The van der Waals surface area contributed by atoms with Gasteiger partial charge >= 0.3 is 0 Å². The van der Waals surface area contributed by atoms with Gasteiger partial charge in [-0.25, -0.2) is 0 Å². The molecule has 4 rings (SSSR count). The number of nitrogen functional groups attached to an aromatic ring is 1. The largest absolute Gasteiger partial charge is 0.383 e. The highest BCUT2D eigenvalue weighted by Gasteiger charge is 2.53. The molecule has 3 nitrogen and oxygen atoms in total. The van der Waals surface area contributed by atoms with E-state index in [1.807, 2.05) is 11.7 Å². The number of nitrogens with zero attached hydrogens (tertiary/aromatic N) is 2. The van der Waals surface area contributed by atoms with E-state index in [4.69, 9.17) is 10.8 Å². The zero-order valence-electron chi connectivity index (χ0n) is 12.8. The Bertz CT molecular complexity index is 674. The maximum atomic E-state index is 6.36. The van der Waals surface area contributed by atoms with Gasteiger partial charge < -0.3 is 5.73 Å². The SMILES string of the molecule is Cc1ccccc1-c1c(C2C3CCCCC32)nn(C)c1N. The van der Waals surface area contributed by atoms with Crippen LogP contribution in [0.4, 0.5) is 5.82 Å². The van der Waals surface area contributed by atoms with Crippen LogP contribution in [0.3, 0.4) is 0 Å². The average Bonchev–Trinajstić information content (AvgIpc) is 3.15. The molecule has 110 valence electrons. The fourth-order valence-corrected chi connectivity index (χ4v) is 4.32. The molecule has 2 saturated carbocycles. The van der Waals surface area contributed by atoms with Crippen molar-refractivity contribution in [2.45, 2.75) is 38.5 Å². The lowest BCUT2D eigenvalue weighted by atomic mass is 9.97. The third kappa shape index (κ3) is 1.90. The summed E-state index contributed by atoms with van der Waals surface area (Å²) in [5.41, 5.74) is 11.3. The molecule has 0 aliphatic heterocycles. The minimum Gasteiger partial charge on any atom is -0.383 e. The summed E-state index contributed by atoms with van der Waals surface area (Å²) in [6.07, 6.45) is 5.53. The Morgan fingerprint density at radius 1 is 1.14 bits per heavy atom. The van der Waals surface area contributed by atoms with Crippen LogP contribution in [-0.2, 0) is 7.05 Å². The van der Waals surface area contributed by atoms with E-state index >= 15 is 0 Å². The van der Waals surface area contributed by atoms with E-state index < -0.39 is 0 Å². The number of hydrogen-bond acceptors (Lipinski definition) is 2. The van der Waals surface area contributed by atoms with Crippen molar-refractivity contribution in [3.8, 4) is 11.1 Å². The maximum Gasteiger partial charge on any atom is 0.129 e. The molecule has 1 aromatic carbocycles. The van der Waals surface area contributed by atoms with Crippen LogP contribution in [-0.4, -0.2) is 9.78 Å². The summed E-state index contributed by atoms with van der Waals surface area (Å²) in [7, 11) is 1.96. The molecular weight excluding hydrogens is 258 g/mol. The van der Waals surface area contributed by atoms with Gasteiger partial charge in [0.05, 0.1) is 5.69 Å². The van der Waals surface area contributed by atoms with E-state index in [9.17, 15) is 0 Å². The molecule has 2 aromatic rings. The van der Waals surface area contributed by atoms with Crippen LogP contribution in [0.2, 0.25) is 0 Å². The molecule has 21 heavy (non-hydrogen) atoms. The van der Waals surface area contributed by atoms with E-state index in [-0.39, 0.29) is 0 Å². The van der Waals surface area contributed by atoms with Gasteiger partial charge in [0.2, 0.25) is 0 Å². The first kappa shape index (κ1) is 12.9. The van der Waals surface area contributed by atoms with Crippen LogP contribution in [0.5, 0.6) is 0 Å². The zero-order valence-corrected chi connectivity index (χ0v) is 12.8. The van der Waals surface area contributed by atoms with Crippen LogP contribution in [0.15, 0.2) is 24.3 Å². The van der Waals surface area contributed by atoms with Gasteiger partial charge in [-0.2, -0.15) is 5.10 Å².